The molecule has 0 atom stereocenters. The van der Waals surface area contributed by atoms with Gasteiger partial charge in [0.05, 0.1) is 5.69 Å². The molecule has 4 N–H and O–H groups in total. The Morgan fingerprint density at radius 2 is 1.60 bits per heavy atom. The SMILES string of the molecule is CCc1cc(Nc2nc(NC3CCOCC3)c(-c3ncccc3C)nc2C(N)=O)ccc1N1CCC(N2CCN(C3CC3)CC2)CC1. The first-order valence-electron chi connectivity index (χ1n) is 17.6. The van der Waals surface area contributed by atoms with Crippen LogP contribution in [-0.4, -0.2) is 101 Å². The van der Waals surface area contributed by atoms with Gasteiger partial charge in [-0.25, -0.2) is 9.97 Å². The summed E-state index contributed by atoms with van der Waals surface area (Å²) in [6.45, 7) is 12.6. The van der Waals surface area contributed by atoms with Gasteiger partial charge in [-0.15, -0.1) is 0 Å². The Kier molecular flexibility index (Phi) is 9.55. The Morgan fingerprint density at radius 3 is 2.23 bits per heavy atom. The Labute approximate surface area is 278 Å². The zero-order chi connectivity index (χ0) is 32.3. The molecule has 1 amide bonds. The van der Waals surface area contributed by atoms with Gasteiger partial charge in [0.25, 0.3) is 5.91 Å². The van der Waals surface area contributed by atoms with E-state index in [2.05, 4.69) is 55.4 Å². The molecule has 250 valence electrons. The topological polar surface area (TPSA) is 125 Å². The van der Waals surface area contributed by atoms with Gasteiger partial charge in [0.15, 0.2) is 17.3 Å². The predicted octanol–water partition coefficient (Wildman–Crippen LogP) is 4.59. The Hall–Kier alpha value is -3.80. The normalized spacial score (nSPS) is 20.3. The van der Waals surface area contributed by atoms with E-state index in [1.54, 1.807) is 6.20 Å². The number of aryl methyl sites for hydroxylation is 2. The third kappa shape index (κ3) is 7.22. The third-order valence-corrected chi connectivity index (χ3v) is 10.4. The van der Waals surface area contributed by atoms with Crippen molar-refractivity contribution in [2.75, 3.05) is 68.0 Å². The molecule has 11 nitrogen and oxygen atoms in total. The molecule has 4 fully saturated rings. The van der Waals surface area contributed by atoms with Crippen molar-refractivity contribution in [2.45, 2.75) is 76.9 Å². The number of hydrogen-bond donors (Lipinski definition) is 3. The van der Waals surface area contributed by atoms with Crippen molar-refractivity contribution in [1.29, 1.82) is 0 Å². The molecular weight excluding hydrogens is 590 g/mol. The molecule has 0 unspecified atom stereocenters. The molecular formula is C36H49N9O2. The minimum atomic E-state index is -0.642. The molecule has 3 aromatic rings. The molecule has 0 spiro atoms. The largest absolute Gasteiger partial charge is 0.381 e. The van der Waals surface area contributed by atoms with Crippen LogP contribution in [0.25, 0.3) is 11.4 Å². The number of primary amides is 1. The highest BCUT2D eigenvalue weighted by molar-refractivity contribution is 5.97. The Balaban J connectivity index is 1.09. The maximum Gasteiger partial charge on any atom is 0.271 e. The Morgan fingerprint density at radius 1 is 0.894 bits per heavy atom. The van der Waals surface area contributed by atoms with Crippen LogP contribution in [0.15, 0.2) is 36.5 Å². The molecule has 0 radical (unpaired) electrons. The highest BCUT2D eigenvalue weighted by Crippen LogP contribution is 2.34. The molecule has 7 rings (SSSR count). The van der Waals surface area contributed by atoms with Gasteiger partial charge >= 0.3 is 0 Å². The molecule has 1 saturated carbocycles. The maximum atomic E-state index is 12.8. The van der Waals surface area contributed by atoms with Gasteiger partial charge in [-0.1, -0.05) is 13.0 Å². The molecule has 4 aliphatic rings. The number of carbonyl (C=O) groups excluding carboxylic acids is 1. The van der Waals surface area contributed by atoms with E-state index in [9.17, 15) is 4.79 Å². The fraction of sp³-hybridized carbons (Fsp3) is 0.556. The van der Waals surface area contributed by atoms with Crippen LogP contribution < -0.4 is 21.3 Å². The number of benzene rings is 1. The van der Waals surface area contributed by atoms with Crippen molar-refractivity contribution >= 4 is 28.9 Å². The number of nitrogens with one attached hydrogen (secondary N) is 2. The monoisotopic (exact) mass is 639 g/mol. The van der Waals surface area contributed by atoms with Gasteiger partial charge in [0.2, 0.25) is 0 Å². The number of ether oxygens (including phenoxy) is 1. The lowest BCUT2D eigenvalue weighted by Gasteiger charge is -2.43. The minimum Gasteiger partial charge on any atom is -0.381 e. The maximum absolute atomic E-state index is 12.8. The van der Waals surface area contributed by atoms with E-state index in [0.29, 0.717) is 42.3 Å². The first-order chi connectivity index (χ1) is 23.0. The zero-order valence-corrected chi connectivity index (χ0v) is 27.9. The van der Waals surface area contributed by atoms with E-state index in [4.69, 9.17) is 20.4 Å². The van der Waals surface area contributed by atoms with Gasteiger partial charge < -0.3 is 26.0 Å². The summed E-state index contributed by atoms with van der Waals surface area (Å²) < 4.78 is 5.58. The molecule has 1 aromatic carbocycles. The average molecular weight is 640 g/mol. The van der Waals surface area contributed by atoms with Crippen LogP contribution >= 0.6 is 0 Å². The number of nitrogens with two attached hydrogens (primary N) is 1. The lowest BCUT2D eigenvalue weighted by molar-refractivity contribution is 0.0809. The smallest absolute Gasteiger partial charge is 0.271 e. The fourth-order valence-electron chi connectivity index (χ4n) is 7.50. The molecule has 11 heteroatoms. The van der Waals surface area contributed by atoms with E-state index in [1.165, 1.54) is 63.1 Å². The highest BCUT2D eigenvalue weighted by Gasteiger charge is 2.34. The third-order valence-electron chi connectivity index (χ3n) is 10.4. The van der Waals surface area contributed by atoms with Crippen molar-refractivity contribution in [3.63, 3.8) is 0 Å². The first kappa shape index (κ1) is 31.8. The van der Waals surface area contributed by atoms with Gasteiger partial charge in [-0.05, 0) is 87.3 Å². The number of piperidine rings is 1. The zero-order valence-electron chi connectivity index (χ0n) is 27.9. The van der Waals surface area contributed by atoms with Crippen LogP contribution in [0.2, 0.25) is 0 Å². The van der Waals surface area contributed by atoms with Gasteiger partial charge in [-0.3, -0.25) is 19.6 Å². The fourth-order valence-corrected chi connectivity index (χ4v) is 7.50. The van der Waals surface area contributed by atoms with E-state index >= 15 is 0 Å². The number of nitrogens with zero attached hydrogens (tertiary/aromatic N) is 6. The summed E-state index contributed by atoms with van der Waals surface area (Å²) >= 11 is 0. The van der Waals surface area contributed by atoms with E-state index in [-0.39, 0.29) is 11.7 Å². The number of anilines is 4. The molecule has 5 heterocycles. The van der Waals surface area contributed by atoms with Crippen LogP contribution in [0.1, 0.15) is 67.1 Å². The number of aromatic nitrogens is 3. The van der Waals surface area contributed by atoms with Gasteiger partial charge in [0, 0.05) is 88.2 Å². The average Bonchev–Trinajstić information content (AvgIpc) is 3.95. The Bertz CT molecular complexity index is 1560. The summed E-state index contributed by atoms with van der Waals surface area (Å²) in [4.78, 5) is 35.1. The lowest BCUT2D eigenvalue weighted by atomic mass is 9.99. The van der Waals surface area contributed by atoms with E-state index in [0.717, 1.165) is 49.6 Å². The summed E-state index contributed by atoms with van der Waals surface area (Å²) in [5.41, 5.74) is 11.5. The van der Waals surface area contributed by atoms with E-state index < -0.39 is 5.91 Å². The molecule has 1 aliphatic carbocycles. The quantitative estimate of drug-likeness (QED) is 0.290. The standard InChI is InChI=1S/C36H49N9O2/c1-3-25-23-27(6-9-30(25)45-15-10-29(11-16-45)44-19-17-43(18-20-44)28-7-8-28)40-36-33(34(37)46)41-32(31-24(2)5-4-14-38-31)35(42-36)39-26-12-21-47-22-13-26/h4-6,9,14,23,26,28-29H,3,7-8,10-13,15-22H2,1-2H3,(H2,37,46)(H2,39,40,42). The minimum absolute atomic E-state index is 0.0877. The first-order valence-corrected chi connectivity index (χ1v) is 17.6. The van der Waals surface area contributed by atoms with Crippen LogP contribution in [0.3, 0.4) is 0 Å². The van der Waals surface area contributed by atoms with Crippen molar-refractivity contribution < 1.29 is 9.53 Å². The summed E-state index contributed by atoms with van der Waals surface area (Å²) in [7, 11) is 0. The molecule has 2 aromatic heterocycles. The number of hydrogen-bond acceptors (Lipinski definition) is 10. The number of pyridine rings is 1. The second kappa shape index (κ2) is 14.1. The van der Waals surface area contributed by atoms with E-state index in [1.807, 2.05) is 19.1 Å². The molecule has 0 bridgehead atoms. The number of piperazine rings is 1. The van der Waals surface area contributed by atoms with Crippen LogP contribution in [0, 0.1) is 6.92 Å². The van der Waals surface area contributed by atoms with Crippen molar-refractivity contribution in [2.24, 2.45) is 5.73 Å². The predicted molar refractivity (Wildman–Crippen MR) is 186 cm³/mol. The highest BCUT2D eigenvalue weighted by atomic mass is 16.5. The number of rotatable bonds is 10. The van der Waals surface area contributed by atoms with Crippen molar-refractivity contribution in [1.82, 2.24) is 24.8 Å². The van der Waals surface area contributed by atoms with Gasteiger partial charge in [0.1, 0.15) is 5.69 Å². The number of amides is 1. The van der Waals surface area contributed by atoms with Gasteiger partial charge in [-0.2, -0.15) is 0 Å². The number of carbonyl (C=O) groups is 1. The molecule has 3 saturated heterocycles. The summed E-state index contributed by atoms with van der Waals surface area (Å²) in [6, 6.07) is 12.1. The summed E-state index contributed by atoms with van der Waals surface area (Å²) in [5, 5.41) is 6.99. The summed E-state index contributed by atoms with van der Waals surface area (Å²) in [6.07, 6.45) is 9.56. The molecule has 3 aliphatic heterocycles. The van der Waals surface area contributed by atoms with Crippen molar-refractivity contribution in [3.05, 3.63) is 53.3 Å². The second-order valence-corrected chi connectivity index (χ2v) is 13.5. The van der Waals surface area contributed by atoms with Crippen LogP contribution in [-0.2, 0) is 11.2 Å². The molecule has 47 heavy (non-hydrogen) atoms. The lowest BCUT2D eigenvalue weighted by Crippen LogP contribution is -2.53. The van der Waals surface area contributed by atoms with Crippen molar-refractivity contribution in [3.8, 4) is 11.4 Å². The second-order valence-electron chi connectivity index (χ2n) is 13.5. The van der Waals surface area contributed by atoms with Crippen LogP contribution in [0.5, 0.6) is 0 Å². The van der Waals surface area contributed by atoms with Crippen LogP contribution in [0.4, 0.5) is 23.0 Å². The summed E-state index contributed by atoms with van der Waals surface area (Å²) in [5.74, 6) is 0.272.